The van der Waals surface area contributed by atoms with Crippen LogP contribution in [0.3, 0.4) is 0 Å². The number of para-hydroxylation sites is 4. The van der Waals surface area contributed by atoms with Crippen molar-refractivity contribution in [3.8, 4) is 45.5 Å². The van der Waals surface area contributed by atoms with Crippen LogP contribution in [0.25, 0.3) is 89.2 Å². The van der Waals surface area contributed by atoms with Gasteiger partial charge in [0, 0.05) is 32.5 Å². The number of rotatable bonds is 4. The van der Waals surface area contributed by atoms with Gasteiger partial charge in [-0.2, -0.15) is 15.0 Å². The molecule has 10 aromatic rings. The van der Waals surface area contributed by atoms with Crippen molar-refractivity contribution in [2.24, 2.45) is 0 Å². The molecule has 0 bridgehead atoms. The molecule has 11 rings (SSSR count). The molecule has 0 aliphatic heterocycles. The zero-order chi connectivity index (χ0) is 49.2. The molecule has 1 aliphatic carbocycles. The lowest BCUT2D eigenvalue weighted by Gasteiger charge is -2.21. The molecule has 0 saturated heterocycles. The summed E-state index contributed by atoms with van der Waals surface area (Å²) in [6, 6.07) is 11.1. The number of hydrogen-bond acceptors (Lipinski definition) is 3. The molecule has 1 aliphatic rings. The lowest BCUT2D eigenvalue weighted by Crippen LogP contribution is -2.14. The van der Waals surface area contributed by atoms with Crippen molar-refractivity contribution >= 4 is 43.6 Å². The lowest BCUT2D eigenvalue weighted by atomic mass is 9.82. The SMILES string of the molecule is [2H]c1c([2H])c([2H])c2c(c1[2H])c1c([2H])c([2H])c([2H])c([2H])c1n2-c1nc(-c2cccc(-c3cccc4c3-c3ccccc3C4(C)C)c2)nc(-n2c3c([2H])c([2H])c([2H])c([2H])c3c3c([2H])c([2H])c([2H])c([2H])c32)n1. The van der Waals surface area contributed by atoms with E-state index in [2.05, 4.69) is 32.0 Å². The van der Waals surface area contributed by atoms with E-state index in [-0.39, 0.29) is 54.9 Å². The first-order chi connectivity index (χ1) is 32.7. The summed E-state index contributed by atoms with van der Waals surface area (Å²) in [5, 5.41) is -1.02. The van der Waals surface area contributed by atoms with E-state index >= 15 is 0 Å². The quantitative estimate of drug-likeness (QED) is 0.184. The van der Waals surface area contributed by atoms with Crippen LogP contribution in [0.1, 0.15) is 46.9 Å². The van der Waals surface area contributed by atoms with Crippen molar-refractivity contribution in [2.45, 2.75) is 19.3 Å². The molecule has 0 amide bonds. The molecule has 250 valence electrons. The molecular weight excluding hydrogens is 647 g/mol. The third kappa shape index (κ3) is 4.28. The molecule has 5 heteroatoms. The molecule has 7 aromatic carbocycles. The Hall–Kier alpha value is -6.85. The minimum atomic E-state index is -0.691. The highest BCUT2D eigenvalue weighted by molar-refractivity contribution is 6.10. The Morgan fingerprint density at radius 3 is 1.49 bits per heavy atom. The van der Waals surface area contributed by atoms with Gasteiger partial charge in [0.05, 0.1) is 44.0 Å². The standard InChI is InChI=1S/C48H33N5/c1-48(2)38-23-8-3-21-37(38)44-32(22-14-24-39(44)48)30-15-13-16-31(29-30)45-49-46(52-40-25-9-4-17-33(40)34-18-5-10-26-41(34)52)51-47(50-45)53-42-27-11-6-19-35(42)36-20-7-12-28-43(36)53/h3-29H,1-2H3/i4D,5D,6D,7D,9D,10D,11D,12D,17D,18D,19D,20D,25D,26D,27D,28D. The average Bonchev–Trinajstić information content (AvgIpc) is 3.98. The van der Waals surface area contributed by atoms with Crippen molar-refractivity contribution in [3.63, 3.8) is 0 Å². The summed E-state index contributed by atoms with van der Waals surface area (Å²) < 4.78 is 144. The highest BCUT2D eigenvalue weighted by Gasteiger charge is 2.36. The lowest BCUT2D eigenvalue weighted by molar-refractivity contribution is 0.660. The van der Waals surface area contributed by atoms with Crippen molar-refractivity contribution in [1.29, 1.82) is 0 Å². The highest BCUT2D eigenvalue weighted by atomic mass is 15.3. The van der Waals surface area contributed by atoms with E-state index in [1.807, 2.05) is 36.4 Å². The van der Waals surface area contributed by atoms with Gasteiger partial charge in [-0.15, -0.1) is 0 Å². The van der Waals surface area contributed by atoms with Crippen LogP contribution < -0.4 is 0 Å². The summed E-state index contributed by atoms with van der Waals surface area (Å²) in [5.41, 5.74) is 4.73. The van der Waals surface area contributed by atoms with E-state index in [0.29, 0.717) is 5.56 Å². The second kappa shape index (κ2) is 11.1. The molecule has 0 unspecified atom stereocenters. The van der Waals surface area contributed by atoms with Gasteiger partial charge in [0.15, 0.2) is 5.82 Å². The van der Waals surface area contributed by atoms with E-state index in [9.17, 15) is 5.48 Å². The maximum absolute atomic E-state index is 9.21. The van der Waals surface area contributed by atoms with E-state index in [0.717, 1.165) is 42.5 Å². The third-order valence-electron chi connectivity index (χ3n) is 10.1. The number of benzene rings is 7. The molecule has 0 atom stereocenters. The van der Waals surface area contributed by atoms with Gasteiger partial charge in [-0.1, -0.05) is 147 Å². The normalized spacial score (nSPS) is 17.5. The van der Waals surface area contributed by atoms with E-state index in [1.54, 1.807) is 12.1 Å². The van der Waals surface area contributed by atoms with Crippen LogP contribution in [0.4, 0.5) is 0 Å². The predicted molar refractivity (Wildman–Crippen MR) is 217 cm³/mol. The summed E-state index contributed by atoms with van der Waals surface area (Å²) in [6.45, 7) is 4.33. The van der Waals surface area contributed by atoms with E-state index in [4.69, 9.17) is 31.4 Å². The number of fused-ring (bicyclic) bond motifs is 9. The minimum Gasteiger partial charge on any atom is -0.278 e. The number of hydrogen-bond donors (Lipinski definition) is 0. The Morgan fingerprint density at radius 1 is 0.472 bits per heavy atom. The van der Waals surface area contributed by atoms with E-state index < -0.39 is 109 Å². The molecule has 0 N–H and O–H groups in total. The average molecular weight is 696 g/mol. The van der Waals surface area contributed by atoms with Crippen molar-refractivity contribution in [1.82, 2.24) is 24.1 Å². The zero-order valence-corrected chi connectivity index (χ0v) is 28.1. The summed E-state index contributed by atoms with van der Waals surface area (Å²) in [7, 11) is 0. The third-order valence-corrected chi connectivity index (χ3v) is 10.1. The second-order valence-corrected chi connectivity index (χ2v) is 13.3. The smallest absolute Gasteiger partial charge is 0.240 e. The van der Waals surface area contributed by atoms with Crippen LogP contribution >= 0.6 is 0 Å². The molecule has 3 aromatic heterocycles. The Morgan fingerprint density at radius 2 is 0.925 bits per heavy atom. The summed E-state index contributed by atoms with van der Waals surface area (Å²) in [4.78, 5) is 14.6. The van der Waals surface area contributed by atoms with Gasteiger partial charge in [-0.05, 0) is 63.6 Å². The first-order valence-electron chi connectivity index (χ1n) is 24.8. The summed E-state index contributed by atoms with van der Waals surface area (Å²) in [5.74, 6) is -1.04. The number of aromatic nitrogens is 5. The maximum atomic E-state index is 9.21. The highest BCUT2D eigenvalue weighted by Crippen LogP contribution is 2.52. The summed E-state index contributed by atoms with van der Waals surface area (Å²) in [6.07, 6.45) is 0. The molecule has 0 saturated carbocycles. The maximum Gasteiger partial charge on any atom is 0.240 e. The van der Waals surface area contributed by atoms with Gasteiger partial charge < -0.3 is 0 Å². The van der Waals surface area contributed by atoms with Gasteiger partial charge in [0.25, 0.3) is 0 Å². The first-order valence-corrected chi connectivity index (χ1v) is 16.8. The fourth-order valence-corrected chi connectivity index (χ4v) is 7.75. The van der Waals surface area contributed by atoms with Gasteiger partial charge in [0.2, 0.25) is 11.9 Å². The fraction of sp³-hybridized carbons (Fsp3) is 0.0625. The second-order valence-electron chi connectivity index (χ2n) is 13.3. The fourth-order valence-electron chi connectivity index (χ4n) is 7.75. The molecule has 0 radical (unpaired) electrons. The molecule has 0 fully saturated rings. The Bertz CT molecular complexity index is 3690. The van der Waals surface area contributed by atoms with Crippen molar-refractivity contribution < 1.29 is 21.9 Å². The molecular formula is C48H33N5. The van der Waals surface area contributed by atoms with Crippen LogP contribution in [-0.2, 0) is 5.41 Å². The van der Waals surface area contributed by atoms with Crippen LogP contribution in [0.15, 0.2) is 163 Å². The molecule has 3 heterocycles. The largest absolute Gasteiger partial charge is 0.278 e. The van der Waals surface area contributed by atoms with Crippen molar-refractivity contribution in [3.05, 3.63) is 175 Å². The molecule has 0 spiro atoms. The van der Waals surface area contributed by atoms with E-state index in [1.165, 1.54) is 0 Å². The van der Waals surface area contributed by atoms with Gasteiger partial charge in [0.1, 0.15) is 0 Å². The monoisotopic (exact) mass is 695 g/mol. The summed E-state index contributed by atoms with van der Waals surface area (Å²) >= 11 is 0. The van der Waals surface area contributed by atoms with Crippen molar-refractivity contribution in [2.75, 3.05) is 0 Å². The van der Waals surface area contributed by atoms with Crippen LogP contribution in [0, 0.1) is 0 Å². The number of nitrogens with zero attached hydrogens (tertiary/aromatic N) is 5. The predicted octanol–water partition coefficient (Wildman–Crippen LogP) is 11.7. The van der Waals surface area contributed by atoms with Crippen LogP contribution in [0.5, 0.6) is 0 Å². The molecule has 5 nitrogen and oxygen atoms in total. The van der Waals surface area contributed by atoms with Gasteiger partial charge in [-0.3, -0.25) is 9.13 Å². The minimum absolute atomic E-state index is 0.126. The van der Waals surface area contributed by atoms with Gasteiger partial charge >= 0.3 is 0 Å². The van der Waals surface area contributed by atoms with Crippen LogP contribution in [-0.4, -0.2) is 24.1 Å². The zero-order valence-electron chi connectivity index (χ0n) is 44.1. The Labute approximate surface area is 329 Å². The molecule has 53 heavy (non-hydrogen) atoms. The van der Waals surface area contributed by atoms with Crippen LogP contribution in [0.2, 0.25) is 0 Å². The topological polar surface area (TPSA) is 48.5 Å². The Kier molecular flexibility index (Phi) is 3.78. The van der Waals surface area contributed by atoms with Gasteiger partial charge in [-0.25, -0.2) is 0 Å². The Balaban J connectivity index is 1.31. The first kappa shape index (κ1) is 18.1.